The minimum atomic E-state index is -0.434. The highest BCUT2D eigenvalue weighted by Crippen LogP contribution is 2.16. The molecule has 1 fully saturated rings. The zero-order valence-electron chi connectivity index (χ0n) is 11.6. The largest absolute Gasteiger partial charge is 0.389 e. The first kappa shape index (κ1) is 15.4. The SMILES string of the molecule is CCN1CC(=O)N(Cc2cc(F)ccc2C(N)=S)CC1=O. The highest BCUT2D eigenvalue weighted by molar-refractivity contribution is 7.80. The number of nitrogens with two attached hydrogens (primary N) is 1. The fourth-order valence-electron chi connectivity index (χ4n) is 2.27. The third kappa shape index (κ3) is 3.36. The second-order valence-electron chi connectivity index (χ2n) is 4.82. The molecule has 21 heavy (non-hydrogen) atoms. The standard InChI is InChI=1S/C14H16FN3O2S/c1-2-17-7-13(20)18(8-12(17)19)6-9-5-10(15)3-4-11(9)14(16)21/h3-5H,2,6-8H2,1H3,(H2,16,21). The Kier molecular flexibility index (Phi) is 4.52. The molecule has 0 aliphatic carbocycles. The molecule has 0 bridgehead atoms. The Hall–Kier alpha value is -2.02. The van der Waals surface area contributed by atoms with Crippen LogP contribution >= 0.6 is 12.2 Å². The monoisotopic (exact) mass is 309 g/mol. The number of likely N-dealkylation sites (N-methyl/N-ethyl adjacent to an activating group) is 1. The average molecular weight is 309 g/mol. The molecule has 0 radical (unpaired) electrons. The van der Waals surface area contributed by atoms with Crippen LogP contribution in [0.4, 0.5) is 4.39 Å². The van der Waals surface area contributed by atoms with Gasteiger partial charge < -0.3 is 15.5 Å². The molecule has 1 saturated heterocycles. The number of amides is 2. The van der Waals surface area contributed by atoms with Crippen molar-refractivity contribution in [3.05, 3.63) is 35.1 Å². The van der Waals surface area contributed by atoms with E-state index in [4.69, 9.17) is 18.0 Å². The van der Waals surface area contributed by atoms with Gasteiger partial charge in [0.15, 0.2) is 0 Å². The smallest absolute Gasteiger partial charge is 0.242 e. The first-order chi connectivity index (χ1) is 9.92. The van der Waals surface area contributed by atoms with Gasteiger partial charge in [0.05, 0.1) is 6.54 Å². The number of benzene rings is 1. The van der Waals surface area contributed by atoms with E-state index in [1.54, 1.807) is 0 Å². The average Bonchev–Trinajstić information content (AvgIpc) is 2.42. The van der Waals surface area contributed by atoms with Gasteiger partial charge in [-0.2, -0.15) is 0 Å². The highest BCUT2D eigenvalue weighted by atomic mass is 32.1. The number of hydrogen-bond acceptors (Lipinski definition) is 3. The maximum absolute atomic E-state index is 13.4. The third-order valence-electron chi connectivity index (χ3n) is 3.43. The van der Waals surface area contributed by atoms with Crippen LogP contribution in [0.3, 0.4) is 0 Å². The summed E-state index contributed by atoms with van der Waals surface area (Å²) in [5, 5.41) is 0. The summed E-state index contributed by atoms with van der Waals surface area (Å²) < 4.78 is 13.4. The molecule has 1 aliphatic heterocycles. The molecule has 1 aromatic rings. The van der Waals surface area contributed by atoms with Gasteiger partial charge in [-0.15, -0.1) is 0 Å². The van der Waals surface area contributed by atoms with Crippen LogP contribution in [-0.4, -0.2) is 46.2 Å². The van der Waals surface area contributed by atoms with Crippen LogP contribution in [0.25, 0.3) is 0 Å². The molecule has 0 aromatic heterocycles. The Morgan fingerprint density at radius 3 is 2.52 bits per heavy atom. The van der Waals surface area contributed by atoms with Crippen molar-refractivity contribution in [3.63, 3.8) is 0 Å². The summed E-state index contributed by atoms with van der Waals surface area (Å²) in [6.07, 6.45) is 0. The lowest BCUT2D eigenvalue weighted by Gasteiger charge is -2.33. The van der Waals surface area contributed by atoms with Crippen LogP contribution in [0.2, 0.25) is 0 Å². The number of carbonyl (C=O) groups excluding carboxylic acids is 2. The maximum Gasteiger partial charge on any atom is 0.242 e. The van der Waals surface area contributed by atoms with E-state index < -0.39 is 5.82 Å². The fraction of sp³-hybridized carbons (Fsp3) is 0.357. The second-order valence-corrected chi connectivity index (χ2v) is 5.26. The summed E-state index contributed by atoms with van der Waals surface area (Å²) >= 11 is 4.93. The predicted octanol–water partition coefficient (Wildman–Crippen LogP) is 0.651. The number of thiocarbonyl (C=S) groups is 1. The minimum absolute atomic E-state index is 0.0139. The Morgan fingerprint density at radius 2 is 1.90 bits per heavy atom. The van der Waals surface area contributed by atoms with E-state index in [0.29, 0.717) is 17.7 Å². The third-order valence-corrected chi connectivity index (χ3v) is 3.65. The molecule has 2 amide bonds. The highest BCUT2D eigenvalue weighted by Gasteiger charge is 2.29. The van der Waals surface area contributed by atoms with Crippen LogP contribution in [0, 0.1) is 5.82 Å². The lowest BCUT2D eigenvalue weighted by atomic mass is 10.1. The first-order valence-corrected chi connectivity index (χ1v) is 6.97. The fourth-order valence-corrected chi connectivity index (χ4v) is 2.47. The summed E-state index contributed by atoms with van der Waals surface area (Å²) in [5.41, 5.74) is 6.63. The number of piperazine rings is 1. The Balaban J connectivity index is 2.22. The van der Waals surface area contributed by atoms with Gasteiger partial charge in [-0.05, 0) is 30.7 Å². The normalized spacial score (nSPS) is 15.5. The van der Waals surface area contributed by atoms with Crippen LogP contribution in [0.15, 0.2) is 18.2 Å². The molecule has 2 rings (SSSR count). The van der Waals surface area contributed by atoms with Gasteiger partial charge in [0.2, 0.25) is 11.8 Å². The summed E-state index contributed by atoms with van der Waals surface area (Å²) in [6, 6.07) is 4.04. The molecule has 2 N–H and O–H groups in total. The maximum atomic E-state index is 13.4. The van der Waals surface area contributed by atoms with Crippen molar-refractivity contribution in [1.82, 2.24) is 9.80 Å². The van der Waals surface area contributed by atoms with Gasteiger partial charge in [-0.25, -0.2) is 4.39 Å². The second kappa shape index (κ2) is 6.17. The lowest BCUT2D eigenvalue weighted by Crippen LogP contribution is -2.53. The summed E-state index contributed by atoms with van der Waals surface area (Å²) in [7, 11) is 0. The van der Waals surface area contributed by atoms with E-state index in [1.807, 2.05) is 6.92 Å². The van der Waals surface area contributed by atoms with Gasteiger partial charge in [0, 0.05) is 18.7 Å². The lowest BCUT2D eigenvalue weighted by molar-refractivity contribution is -0.150. The molecular weight excluding hydrogens is 293 g/mol. The predicted molar refractivity (Wildman–Crippen MR) is 80.0 cm³/mol. The van der Waals surface area contributed by atoms with Gasteiger partial charge >= 0.3 is 0 Å². The molecular formula is C14H16FN3O2S. The molecule has 1 aliphatic rings. The molecule has 5 nitrogen and oxygen atoms in total. The van der Waals surface area contributed by atoms with Crippen molar-refractivity contribution in [2.24, 2.45) is 5.73 Å². The van der Waals surface area contributed by atoms with Crippen molar-refractivity contribution >= 4 is 29.0 Å². The number of hydrogen-bond donors (Lipinski definition) is 1. The van der Waals surface area contributed by atoms with Crippen LogP contribution in [0.5, 0.6) is 0 Å². The molecule has 0 atom stereocenters. The van der Waals surface area contributed by atoms with E-state index >= 15 is 0 Å². The molecule has 1 aromatic carbocycles. The summed E-state index contributed by atoms with van der Waals surface area (Å²) in [4.78, 5) is 26.9. The Morgan fingerprint density at radius 1 is 1.29 bits per heavy atom. The van der Waals surface area contributed by atoms with Crippen LogP contribution in [0.1, 0.15) is 18.1 Å². The van der Waals surface area contributed by atoms with Crippen molar-refractivity contribution < 1.29 is 14.0 Å². The van der Waals surface area contributed by atoms with E-state index in [-0.39, 0.29) is 36.4 Å². The number of carbonyl (C=O) groups is 2. The molecule has 112 valence electrons. The van der Waals surface area contributed by atoms with E-state index in [1.165, 1.54) is 28.0 Å². The Bertz CT molecular complexity index is 606. The van der Waals surface area contributed by atoms with Crippen molar-refractivity contribution in [1.29, 1.82) is 0 Å². The van der Waals surface area contributed by atoms with E-state index in [9.17, 15) is 14.0 Å². The van der Waals surface area contributed by atoms with Crippen molar-refractivity contribution in [2.45, 2.75) is 13.5 Å². The van der Waals surface area contributed by atoms with E-state index in [0.717, 1.165) is 0 Å². The number of rotatable bonds is 4. The zero-order valence-corrected chi connectivity index (χ0v) is 12.5. The van der Waals surface area contributed by atoms with Crippen LogP contribution in [-0.2, 0) is 16.1 Å². The molecule has 0 unspecified atom stereocenters. The molecule has 1 heterocycles. The van der Waals surface area contributed by atoms with Crippen LogP contribution < -0.4 is 5.73 Å². The summed E-state index contributed by atoms with van der Waals surface area (Å²) in [6.45, 7) is 2.47. The number of halogens is 1. The van der Waals surface area contributed by atoms with Gasteiger partial charge in [0.25, 0.3) is 0 Å². The molecule has 0 saturated carbocycles. The summed E-state index contributed by atoms with van der Waals surface area (Å²) in [5.74, 6) is -0.726. The van der Waals surface area contributed by atoms with Gasteiger partial charge in [-0.3, -0.25) is 9.59 Å². The molecule has 0 spiro atoms. The minimum Gasteiger partial charge on any atom is -0.389 e. The number of nitrogens with zero attached hydrogens (tertiary/aromatic N) is 2. The first-order valence-electron chi connectivity index (χ1n) is 6.56. The molecule has 7 heteroatoms. The zero-order chi connectivity index (χ0) is 15.6. The Labute approximate surface area is 127 Å². The quantitative estimate of drug-likeness (QED) is 0.829. The van der Waals surface area contributed by atoms with Gasteiger partial charge in [-0.1, -0.05) is 12.2 Å². The van der Waals surface area contributed by atoms with E-state index in [2.05, 4.69) is 0 Å². The van der Waals surface area contributed by atoms with Crippen molar-refractivity contribution in [2.75, 3.05) is 19.6 Å². The van der Waals surface area contributed by atoms with Gasteiger partial charge in [0.1, 0.15) is 17.4 Å². The van der Waals surface area contributed by atoms with Crippen molar-refractivity contribution in [3.8, 4) is 0 Å². The topological polar surface area (TPSA) is 66.6 Å².